The quantitative estimate of drug-likeness (QED) is 0.881. The van der Waals surface area contributed by atoms with Crippen LogP contribution in [-0.2, 0) is 6.54 Å². The van der Waals surface area contributed by atoms with Gasteiger partial charge in [-0.3, -0.25) is 0 Å². The highest BCUT2D eigenvalue weighted by Crippen LogP contribution is 2.25. The number of nitrogens with two attached hydrogens (primary N) is 1. The van der Waals surface area contributed by atoms with Gasteiger partial charge in [0.25, 0.3) is 0 Å². The molecule has 1 aliphatic rings. The molecule has 1 aromatic heterocycles. The van der Waals surface area contributed by atoms with Crippen molar-refractivity contribution in [2.75, 3.05) is 0 Å². The average molecular weight is 321 g/mol. The topological polar surface area (TPSA) is 46.8 Å². The molecule has 2 aromatic rings. The molecule has 2 N–H and O–H groups in total. The van der Waals surface area contributed by atoms with E-state index in [9.17, 15) is 4.79 Å². The standard InChI is InChI=1S/C18H22ClNO2/c1-11-5-3-4-6-16(11)20-10-13-8-18(21)22-17-7-12(2)15(19)9-14(13)17/h7-9,11,16,20H,3-6,10H2,1-2H3/p+1/t11-,16-/m0/s1. The molecule has 4 heteroatoms. The highest BCUT2D eigenvalue weighted by molar-refractivity contribution is 6.32. The molecule has 0 aliphatic heterocycles. The lowest BCUT2D eigenvalue weighted by Gasteiger charge is -2.26. The molecule has 0 saturated heterocycles. The van der Waals surface area contributed by atoms with Crippen molar-refractivity contribution in [3.8, 4) is 0 Å². The summed E-state index contributed by atoms with van der Waals surface area (Å²) in [6.45, 7) is 5.05. The summed E-state index contributed by atoms with van der Waals surface area (Å²) in [6, 6.07) is 6.03. The molecule has 3 nitrogen and oxygen atoms in total. The maximum Gasteiger partial charge on any atom is 0.336 e. The van der Waals surface area contributed by atoms with Crippen LogP contribution in [0.1, 0.15) is 43.7 Å². The Bertz CT molecular complexity index is 738. The Balaban J connectivity index is 1.89. The molecule has 1 heterocycles. The lowest BCUT2D eigenvalue weighted by Crippen LogP contribution is -2.90. The molecule has 1 saturated carbocycles. The van der Waals surface area contributed by atoms with E-state index >= 15 is 0 Å². The smallest absolute Gasteiger partial charge is 0.336 e. The van der Waals surface area contributed by atoms with E-state index in [0.29, 0.717) is 16.6 Å². The second-order valence-corrected chi connectivity index (χ2v) is 6.96. The van der Waals surface area contributed by atoms with Crippen molar-refractivity contribution in [3.63, 3.8) is 0 Å². The minimum absolute atomic E-state index is 0.283. The molecule has 1 fully saturated rings. The van der Waals surface area contributed by atoms with Crippen LogP contribution in [0.15, 0.2) is 27.4 Å². The van der Waals surface area contributed by atoms with Crippen molar-refractivity contribution in [2.24, 2.45) is 5.92 Å². The van der Waals surface area contributed by atoms with Gasteiger partial charge in [0.05, 0.1) is 6.04 Å². The highest BCUT2D eigenvalue weighted by atomic mass is 35.5. The van der Waals surface area contributed by atoms with Crippen LogP contribution in [0.25, 0.3) is 11.0 Å². The van der Waals surface area contributed by atoms with Gasteiger partial charge >= 0.3 is 5.63 Å². The number of quaternary nitrogens is 1. The Labute approximate surface area is 135 Å². The number of fused-ring (bicyclic) bond motifs is 1. The van der Waals surface area contributed by atoms with Gasteiger partial charge in [-0.1, -0.05) is 24.9 Å². The van der Waals surface area contributed by atoms with Crippen LogP contribution < -0.4 is 10.9 Å². The van der Waals surface area contributed by atoms with Gasteiger partial charge in [-0.05, 0) is 43.9 Å². The molecule has 3 rings (SSSR count). The number of hydrogen-bond acceptors (Lipinski definition) is 2. The summed E-state index contributed by atoms with van der Waals surface area (Å²) < 4.78 is 5.32. The summed E-state index contributed by atoms with van der Waals surface area (Å²) in [4.78, 5) is 11.8. The second kappa shape index (κ2) is 6.43. The summed E-state index contributed by atoms with van der Waals surface area (Å²) in [5.74, 6) is 0.742. The summed E-state index contributed by atoms with van der Waals surface area (Å²) >= 11 is 6.24. The van der Waals surface area contributed by atoms with Gasteiger partial charge < -0.3 is 9.73 Å². The van der Waals surface area contributed by atoms with Gasteiger partial charge in [0.1, 0.15) is 12.1 Å². The number of rotatable bonds is 3. The van der Waals surface area contributed by atoms with Crippen LogP contribution >= 0.6 is 11.6 Å². The third-order valence-corrected chi connectivity index (χ3v) is 5.33. The van der Waals surface area contributed by atoms with E-state index in [1.807, 2.05) is 19.1 Å². The first-order valence-corrected chi connectivity index (χ1v) is 8.48. The SMILES string of the molecule is Cc1cc2oc(=O)cc(C[NH2+][C@H]3CCCC[C@@H]3C)c2cc1Cl. The fourth-order valence-corrected chi connectivity index (χ4v) is 3.65. The first-order chi connectivity index (χ1) is 10.5. The predicted octanol–water partition coefficient (Wildman–Crippen LogP) is 3.40. The lowest BCUT2D eigenvalue weighted by atomic mass is 9.86. The minimum atomic E-state index is -0.283. The number of aryl methyl sites for hydroxylation is 1. The van der Waals surface area contributed by atoms with Gasteiger partial charge in [0, 0.05) is 28.0 Å². The van der Waals surface area contributed by atoms with Crippen molar-refractivity contribution >= 4 is 22.6 Å². The first-order valence-electron chi connectivity index (χ1n) is 8.11. The van der Waals surface area contributed by atoms with Crippen LogP contribution in [0.4, 0.5) is 0 Å². The van der Waals surface area contributed by atoms with Crippen LogP contribution in [0.3, 0.4) is 0 Å². The summed E-state index contributed by atoms with van der Waals surface area (Å²) in [6.07, 6.45) is 5.23. The molecule has 1 aliphatic carbocycles. The zero-order valence-corrected chi connectivity index (χ0v) is 14.0. The Morgan fingerprint density at radius 2 is 2.05 bits per heavy atom. The van der Waals surface area contributed by atoms with Gasteiger partial charge in [0.15, 0.2) is 0 Å². The van der Waals surface area contributed by atoms with Crippen molar-refractivity contribution in [1.82, 2.24) is 0 Å². The lowest BCUT2D eigenvalue weighted by molar-refractivity contribution is -0.712. The van der Waals surface area contributed by atoms with Crippen molar-refractivity contribution in [1.29, 1.82) is 0 Å². The highest BCUT2D eigenvalue weighted by Gasteiger charge is 2.24. The second-order valence-electron chi connectivity index (χ2n) is 6.55. The molecular formula is C18H23ClNO2+. The minimum Gasteiger partial charge on any atom is -0.423 e. The predicted molar refractivity (Wildman–Crippen MR) is 89.3 cm³/mol. The third kappa shape index (κ3) is 3.21. The zero-order chi connectivity index (χ0) is 15.7. The summed E-state index contributed by atoms with van der Waals surface area (Å²) in [5, 5.41) is 4.05. The molecule has 22 heavy (non-hydrogen) atoms. The van der Waals surface area contributed by atoms with Gasteiger partial charge in [-0.2, -0.15) is 0 Å². The molecule has 0 amide bonds. The van der Waals surface area contributed by atoms with Gasteiger partial charge in [0.2, 0.25) is 0 Å². The van der Waals surface area contributed by atoms with E-state index < -0.39 is 0 Å². The van der Waals surface area contributed by atoms with E-state index in [2.05, 4.69) is 12.2 Å². The molecule has 2 atom stereocenters. The molecule has 0 bridgehead atoms. The van der Waals surface area contributed by atoms with Crippen molar-refractivity contribution in [3.05, 3.63) is 44.8 Å². The molecule has 118 valence electrons. The van der Waals surface area contributed by atoms with E-state index in [-0.39, 0.29) is 5.63 Å². The third-order valence-electron chi connectivity index (χ3n) is 4.93. The Hall–Kier alpha value is -1.32. The molecule has 0 unspecified atom stereocenters. The number of hydrogen-bond donors (Lipinski definition) is 1. The van der Waals surface area contributed by atoms with Crippen molar-refractivity contribution < 1.29 is 9.73 Å². The maximum absolute atomic E-state index is 11.8. The number of halogens is 1. The normalized spacial score (nSPS) is 22.1. The fourth-order valence-electron chi connectivity index (χ4n) is 3.49. The van der Waals surface area contributed by atoms with Gasteiger partial charge in [-0.15, -0.1) is 0 Å². The largest absolute Gasteiger partial charge is 0.423 e. The fraction of sp³-hybridized carbons (Fsp3) is 0.500. The van der Waals surface area contributed by atoms with Crippen LogP contribution in [0.2, 0.25) is 5.02 Å². The Kier molecular flexibility index (Phi) is 4.55. The van der Waals surface area contributed by atoms with Crippen LogP contribution in [0, 0.1) is 12.8 Å². The van der Waals surface area contributed by atoms with Crippen LogP contribution in [-0.4, -0.2) is 6.04 Å². The van der Waals surface area contributed by atoms with Gasteiger partial charge in [-0.25, -0.2) is 4.79 Å². The summed E-state index contributed by atoms with van der Waals surface area (Å²) in [7, 11) is 0. The van der Waals surface area contributed by atoms with E-state index in [0.717, 1.165) is 29.0 Å². The zero-order valence-electron chi connectivity index (χ0n) is 13.2. The first kappa shape index (κ1) is 15.6. The average Bonchev–Trinajstić information content (AvgIpc) is 2.48. The molecule has 1 aromatic carbocycles. The monoisotopic (exact) mass is 320 g/mol. The molecule has 0 radical (unpaired) electrons. The van der Waals surface area contributed by atoms with E-state index in [4.69, 9.17) is 16.0 Å². The summed E-state index contributed by atoms with van der Waals surface area (Å²) in [5.41, 5.74) is 2.30. The van der Waals surface area contributed by atoms with Crippen LogP contribution in [0.5, 0.6) is 0 Å². The molecular weight excluding hydrogens is 298 g/mol. The van der Waals surface area contributed by atoms with E-state index in [1.54, 1.807) is 6.07 Å². The molecule has 0 spiro atoms. The number of benzene rings is 1. The Morgan fingerprint density at radius 1 is 1.27 bits per heavy atom. The maximum atomic E-state index is 11.8. The van der Waals surface area contributed by atoms with Crippen molar-refractivity contribution in [2.45, 2.75) is 52.1 Å². The van der Waals surface area contributed by atoms with E-state index in [1.165, 1.54) is 25.7 Å². The Morgan fingerprint density at radius 3 is 2.82 bits per heavy atom.